The molecule has 0 aromatic carbocycles. The molecule has 0 saturated carbocycles. The van der Waals surface area contributed by atoms with Crippen LogP contribution in [-0.2, 0) is 10.0 Å². The smallest absolute Gasteiger partial charge is 0.274 e. The maximum Gasteiger partial charge on any atom is 0.274 e. The molecule has 1 rings (SSSR count). The minimum Gasteiger partial charge on any atom is -0.451 e. The zero-order chi connectivity index (χ0) is 9.19. The van der Waals surface area contributed by atoms with Gasteiger partial charge in [-0.05, 0) is 13.0 Å². The molecule has 0 aliphatic rings. The second-order valence-corrected chi connectivity index (χ2v) is 4.06. The second-order valence-electron chi connectivity index (χ2n) is 2.39. The third-order valence-corrected chi connectivity index (χ3v) is 2.97. The highest BCUT2D eigenvalue weighted by atomic mass is 32.2. The summed E-state index contributed by atoms with van der Waals surface area (Å²) in [6.07, 6.45) is 1.36. The van der Waals surface area contributed by atoms with Crippen LogP contribution in [0, 0.1) is 6.92 Å². The van der Waals surface area contributed by atoms with Crippen molar-refractivity contribution in [3.05, 3.63) is 17.9 Å². The Morgan fingerprint density at radius 2 is 2.25 bits per heavy atom. The van der Waals surface area contributed by atoms with Gasteiger partial charge in [-0.3, -0.25) is 0 Å². The molecule has 5 heteroatoms. The molecule has 1 aromatic rings. The van der Waals surface area contributed by atoms with E-state index in [-0.39, 0.29) is 5.09 Å². The van der Waals surface area contributed by atoms with Crippen molar-refractivity contribution >= 4 is 10.0 Å². The lowest BCUT2D eigenvalue weighted by Gasteiger charge is -2.00. The maximum absolute atomic E-state index is 11.3. The minimum absolute atomic E-state index is 0.00403. The Kier molecular flexibility index (Phi) is 2.54. The van der Waals surface area contributed by atoms with Crippen LogP contribution in [-0.4, -0.2) is 15.0 Å². The van der Waals surface area contributed by atoms with Crippen LogP contribution in [0.3, 0.4) is 0 Å². The number of furan rings is 1. The van der Waals surface area contributed by atoms with Gasteiger partial charge in [-0.1, -0.05) is 6.92 Å². The molecule has 0 saturated heterocycles. The average molecular weight is 189 g/mol. The first kappa shape index (κ1) is 9.28. The predicted molar refractivity (Wildman–Crippen MR) is 44.3 cm³/mol. The summed E-state index contributed by atoms with van der Waals surface area (Å²) >= 11 is 0. The van der Waals surface area contributed by atoms with Crippen LogP contribution in [0.5, 0.6) is 0 Å². The SMILES string of the molecule is CCNS(=O)(=O)c1occc1C. The lowest BCUT2D eigenvalue weighted by Crippen LogP contribution is -2.23. The van der Waals surface area contributed by atoms with Crippen LogP contribution in [0.4, 0.5) is 0 Å². The normalized spacial score (nSPS) is 11.8. The monoisotopic (exact) mass is 189 g/mol. The van der Waals surface area contributed by atoms with E-state index >= 15 is 0 Å². The van der Waals surface area contributed by atoms with E-state index in [2.05, 4.69) is 4.72 Å². The molecule has 0 spiro atoms. The molecule has 68 valence electrons. The minimum atomic E-state index is -3.41. The molecule has 0 aliphatic carbocycles. The van der Waals surface area contributed by atoms with E-state index in [4.69, 9.17) is 4.42 Å². The van der Waals surface area contributed by atoms with Crippen molar-refractivity contribution in [2.24, 2.45) is 0 Å². The molecule has 0 bridgehead atoms. The largest absolute Gasteiger partial charge is 0.451 e. The number of nitrogens with one attached hydrogen (secondary N) is 1. The summed E-state index contributed by atoms with van der Waals surface area (Å²) in [6.45, 7) is 3.77. The molecule has 12 heavy (non-hydrogen) atoms. The molecule has 0 amide bonds. The summed E-state index contributed by atoms with van der Waals surface area (Å²) in [4.78, 5) is 0. The lowest BCUT2D eigenvalue weighted by atomic mass is 10.4. The highest BCUT2D eigenvalue weighted by molar-refractivity contribution is 7.89. The zero-order valence-electron chi connectivity index (χ0n) is 6.99. The zero-order valence-corrected chi connectivity index (χ0v) is 7.81. The van der Waals surface area contributed by atoms with Gasteiger partial charge >= 0.3 is 0 Å². The van der Waals surface area contributed by atoms with Crippen molar-refractivity contribution in [1.29, 1.82) is 0 Å². The van der Waals surface area contributed by atoms with Gasteiger partial charge < -0.3 is 4.42 Å². The van der Waals surface area contributed by atoms with Crippen LogP contribution >= 0.6 is 0 Å². The quantitative estimate of drug-likeness (QED) is 0.768. The molecular formula is C7H11NO3S. The topological polar surface area (TPSA) is 59.3 Å². The number of hydrogen-bond acceptors (Lipinski definition) is 3. The van der Waals surface area contributed by atoms with E-state index < -0.39 is 10.0 Å². The summed E-state index contributed by atoms with van der Waals surface area (Å²) in [5.74, 6) is 0. The highest BCUT2D eigenvalue weighted by Gasteiger charge is 2.18. The van der Waals surface area contributed by atoms with Gasteiger partial charge in [0.2, 0.25) is 5.09 Å². The molecule has 1 heterocycles. The van der Waals surface area contributed by atoms with E-state index in [9.17, 15) is 8.42 Å². The molecule has 0 aliphatic heterocycles. The molecule has 0 unspecified atom stereocenters. The van der Waals surface area contributed by atoms with Crippen molar-refractivity contribution in [3.63, 3.8) is 0 Å². The van der Waals surface area contributed by atoms with Crippen molar-refractivity contribution in [3.8, 4) is 0 Å². The predicted octanol–water partition coefficient (Wildman–Crippen LogP) is 0.886. The van der Waals surface area contributed by atoms with Gasteiger partial charge in [0, 0.05) is 12.1 Å². The second kappa shape index (κ2) is 3.28. The fourth-order valence-corrected chi connectivity index (χ4v) is 2.08. The molecule has 1 N–H and O–H groups in total. The van der Waals surface area contributed by atoms with Gasteiger partial charge in [-0.2, -0.15) is 0 Å². The average Bonchev–Trinajstić information content (AvgIpc) is 2.35. The highest BCUT2D eigenvalue weighted by Crippen LogP contribution is 2.14. The summed E-state index contributed by atoms with van der Waals surface area (Å²) in [5.41, 5.74) is 0.621. The van der Waals surface area contributed by atoms with Gasteiger partial charge in [0.1, 0.15) is 0 Å². The summed E-state index contributed by atoms with van der Waals surface area (Å²) < 4.78 is 29.8. The van der Waals surface area contributed by atoms with E-state index in [1.165, 1.54) is 6.26 Å². The van der Waals surface area contributed by atoms with Crippen LogP contribution in [0.1, 0.15) is 12.5 Å². The fraction of sp³-hybridized carbons (Fsp3) is 0.429. The Morgan fingerprint density at radius 3 is 2.67 bits per heavy atom. The Labute approximate surface area is 71.6 Å². The van der Waals surface area contributed by atoms with Crippen molar-refractivity contribution in [2.75, 3.05) is 6.54 Å². The van der Waals surface area contributed by atoms with Crippen LogP contribution < -0.4 is 4.72 Å². The third-order valence-electron chi connectivity index (χ3n) is 1.39. The first-order valence-electron chi connectivity index (χ1n) is 3.61. The number of sulfonamides is 1. The van der Waals surface area contributed by atoms with Crippen molar-refractivity contribution < 1.29 is 12.8 Å². The molecule has 0 radical (unpaired) electrons. The molecule has 0 fully saturated rings. The first-order valence-corrected chi connectivity index (χ1v) is 5.10. The molecular weight excluding hydrogens is 178 g/mol. The Hall–Kier alpha value is -0.810. The Morgan fingerprint density at radius 1 is 1.58 bits per heavy atom. The Bertz CT molecular complexity index is 352. The number of hydrogen-bond donors (Lipinski definition) is 1. The maximum atomic E-state index is 11.3. The van der Waals surface area contributed by atoms with E-state index in [0.717, 1.165) is 0 Å². The molecule has 1 aromatic heterocycles. The van der Waals surface area contributed by atoms with Crippen molar-refractivity contribution in [1.82, 2.24) is 4.72 Å². The van der Waals surface area contributed by atoms with Gasteiger partial charge in [0.25, 0.3) is 10.0 Å². The first-order chi connectivity index (χ1) is 5.58. The van der Waals surface area contributed by atoms with Gasteiger partial charge in [0.15, 0.2) is 0 Å². The fourth-order valence-electron chi connectivity index (χ4n) is 0.890. The van der Waals surface area contributed by atoms with Gasteiger partial charge in [-0.15, -0.1) is 0 Å². The van der Waals surface area contributed by atoms with E-state index in [1.54, 1.807) is 19.9 Å². The van der Waals surface area contributed by atoms with Crippen LogP contribution in [0.15, 0.2) is 21.8 Å². The van der Waals surface area contributed by atoms with Crippen molar-refractivity contribution in [2.45, 2.75) is 18.9 Å². The lowest BCUT2D eigenvalue weighted by molar-refractivity contribution is 0.442. The summed E-state index contributed by atoms with van der Waals surface area (Å²) in [6, 6.07) is 1.62. The van der Waals surface area contributed by atoms with E-state index in [1.807, 2.05) is 0 Å². The molecule has 4 nitrogen and oxygen atoms in total. The van der Waals surface area contributed by atoms with Crippen LogP contribution in [0.2, 0.25) is 0 Å². The Balaban J connectivity index is 3.06. The summed E-state index contributed by atoms with van der Waals surface area (Å²) in [7, 11) is -3.41. The van der Waals surface area contributed by atoms with Gasteiger partial charge in [-0.25, -0.2) is 13.1 Å². The summed E-state index contributed by atoms with van der Waals surface area (Å²) in [5, 5.41) is 0.00403. The third kappa shape index (κ3) is 1.67. The van der Waals surface area contributed by atoms with Gasteiger partial charge in [0.05, 0.1) is 6.26 Å². The van der Waals surface area contributed by atoms with E-state index in [0.29, 0.717) is 12.1 Å². The molecule has 0 atom stereocenters. The number of rotatable bonds is 3. The van der Waals surface area contributed by atoms with Crippen LogP contribution in [0.25, 0.3) is 0 Å². The standard InChI is InChI=1S/C7H11NO3S/c1-3-8-12(9,10)7-6(2)4-5-11-7/h4-5,8H,3H2,1-2H3. The number of aryl methyl sites for hydroxylation is 1.